The minimum atomic E-state index is 0.316. The van der Waals surface area contributed by atoms with Gasteiger partial charge in [-0.2, -0.15) is 0 Å². The van der Waals surface area contributed by atoms with Gasteiger partial charge in [0, 0.05) is 0 Å². The van der Waals surface area contributed by atoms with Crippen LogP contribution in [-0.2, 0) is 0 Å². The molecule has 0 radical (unpaired) electrons. The van der Waals surface area contributed by atoms with Gasteiger partial charge >= 0.3 is 0 Å². The summed E-state index contributed by atoms with van der Waals surface area (Å²) in [6.45, 7) is 13.6. The Hall–Kier alpha value is 0.272. The van der Waals surface area contributed by atoms with Gasteiger partial charge in [-0.05, 0) is 13.3 Å². The molecule has 16 heavy (non-hydrogen) atoms. The van der Waals surface area contributed by atoms with Gasteiger partial charge in [0.1, 0.15) is 0 Å². The molecule has 0 aromatic carbocycles. The van der Waals surface area contributed by atoms with E-state index < -0.39 is 0 Å². The molecule has 0 aliphatic rings. The number of hydrogen-bond acceptors (Lipinski definition) is 0. The van der Waals surface area contributed by atoms with Crippen LogP contribution in [0.3, 0.4) is 0 Å². The number of rotatable bonds is 7. The van der Waals surface area contributed by atoms with Gasteiger partial charge in [0.05, 0.1) is 0 Å². The SMILES string of the molecule is C/C=C\CCCC.CC(C)[CH2][AlH][CH2]C(C)C. The maximum atomic E-state index is 2.33. The molecule has 0 amide bonds. The summed E-state index contributed by atoms with van der Waals surface area (Å²) in [5.74, 6) is 1.91. The fourth-order valence-electron chi connectivity index (χ4n) is 1.42. The Morgan fingerprint density at radius 2 is 1.50 bits per heavy atom. The van der Waals surface area contributed by atoms with E-state index in [1.807, 2.05) is 0 Å². The van der Waals surface area contributed by atoms with Gasteiger partial charge in [-0.1, -0.05) is 82.0 Å². The van der Waals surface area contributed by atoms with Crippen molar-refractivity contribution in [2.75, 3.05) is 0 Å². The molecule has 0 spiro atoms. The minimum Gasteiger partial charge on any atom is -0.0950 e. The van der Waals surface area contributed by atoms with Crippen LogP contribution >= 0.6 is 0 Å². The maximum Gasteiger partial charge on any atom is 0.237 e. The van der Waals surface area contributed by atoms with Gasteiger partial charge in [0.25, 0.3) is 0 Å². The minimum absolute atomic E-state index is 0.316. The zero-order chi connectivity index (χ0) is 12.8. The second-order valence-corrected chi connectivity index (χ2v) is 7.29. The molecule has 0 nitrogen and oxygen atoms in total. The number of hydrogen-bond donors (Lipinski definition) is 0. The molecule has 1 heteroatoms. The Kier molecular flexibility index (Phi) is 17.8. The highest BCUT2D eigenvalue weighted by molar-refractivity contribution is 6.35. The standard InChI is InChI=1S/C7H14.2C4H9.Al.H/c1-3-5-7-6-4-2;2*1-4(2)3;;/h3,5H,4,6-7H2,1-2H3;2*4H,1H2,2-3H3;;/b5-3-;;;;. The van der Waals surface area contributed by atoms with Gasteiger partial charge in [0.2, 0.25) is 15.2 Å². The van der Waals surface area contributed by atoms with Crippen LogP contribution in [0.15, 0.2) is 12.2 Å². The summed E-state index contributed by atoms with van der Waals surface area (Å²) in [6, 6.07) is 0. The van der Waals surface area contributed by atoms with Crippen LogP contribution in [-0.4, -0.2) is 15.2 Å². The zero-order valence-electron chi connectivity index (χ0n) is 12.6. The molecule has 0 heterocycles. The first-order valence-corrected chi connectivity index (χ1v) is 9.15. The summed E-state index contributed by atoms with van der Waals surface area (Å²) >= 11 is 0.316. The van der Waals surface area contributed by atoms with Crippen molar-refractivity contribution >= 4 is 15.2 Å². The normalized spacial score (nSPS) is 10.8. The van der Waals surface area contributed by atoms with Gasteiger partial charge in [-0.25, -0.2) is 0 Å². The lowest BCUT2D eigenvalue weighted by Crippen LogP contribution is -1.99. The molecule has 0 aromatic rings. The molecule has 0 saturated heterocycles. The monoisotopic (exact) mass is 240 g/mol. The molecule has 0 aliphatic carbocycles. The van der Waals surface area contributed by atoms with Gasteiger partial charge < -0.3 is 0 Å². The predicted molar refractivity (Wildman–Crippen MR) is 80.8 cm³/mol. The molecule has 0 unspecified atom stereocenters. The number of allylic oxidation sites excluding steroid dienone is 2. The van der Waals surface area contributed by atoms with Crippen LogP contribution in [0.4, 0.5) is 0 Å². The Morgan fingerprint density at radius 1 is 1.00 bits per heavy atom. The number of unbranched alkanes of at least 4 members (excludes halogenated alkanes) is 2. The smallest absolute Gasteiger partial charge is 0.0950 e. The van der Waals surface area contributed by atoms with Crippen LogP contribution in [0.2, 0.25) is 10.6 Å². The summed E-state index contributed by atoms with van der Waals surface area (Å²) in [5, 5.41) is 3.08. The van der Waals surface area contributed by atoms with Crippen LogP contribution in [0.25, 0.3) is 0 Å². The van der Waals surface area contributed by atoms with E-state index in [0.29, 0.717) is 15.2 Å². The topological polar surface area (TPSA) is 0 Å². The summed E-state index contributed by atoms with van der Waals surface area (Å²) in [5.41, 5.74) is 0. The van der Waals surface area contributed by atoms with E-state index in [2.05, 4.69) is 53.7 Å². The van der Waals surface area contributed by atoms with E-state index in [1.165, 1.54) is 29.8 Å². The molecule has 0 bridgehead atoms. The lowest BCUT2D eigenvalue weighted by molar-refractivity contribution is 0.700. The van der Waals surface area contributed by atoms with Crippen LogP contribution in [0.1, 0.15) is 60.8 Å². The quantitative estimate of drug-likeness (QED) is 0.321. The average Bonchev–Trinajstić information content (AvgIpc) is 2.18. The average molecular weight is 240 g/mol. The van der Waals surface area contributed by atoms with Crippen molar-refractivity contribution in [3.63, 3.8) is 0 Å². The first-order valence-electron chi connectivity index (χ1n) is 7.15. The summed E-state index contributed by atoms with van der Waals surface area (Å²) in [4.78, 5) is 0. The third-order valence-electron chi connectivity index (χ3n) is 2.52. The van der Waals surface area contributed by atoms with Crippen LogP contribution < -0.4 is 0 Å². The van der Waals surface area contributed by atoms with E-state index in [-0.39, 0.29) is 0 Å². The molecule has 0 saturated carbocycles. The van der Waals surface area contributed by atoms with E-state index in [4.69, 9.17) is 0 Å². The molecular formula is C15H33Al. The van der Waals surface area contributed by atoms with Crippen molar-refractivity contribution in [3.8, 4) is 0 Å². The summed E-state index contributed by atoms with van der Waals surface area (Å²) < 4.78 is 0. The molecule has 0 N–H and O–H groups in total. The Morgan fingerprint density at radius 3 is 1.81 bits per heavy atom. The highest BCUT2D eigenvalue weighted by Crippen LogP contribution is 2.05. The Balaban J connectivity index is 0. The van der Waals surface area contributed by atoms with E-state index in [1.54, 1.807) is 0 Å². The second-order valence-electron chi connectivity index (χ2n) is 5.43. The van der Waals surface area contributed by atoms with Crippen LogP contribution in [0, 0.1) is 11.8 Å². The van der Waals surface area contributed by atoms with E-state index >= 15 is 0 Å². The third kappa shape index (κ3) is 23.8. The summed E-state index contributed by atoms with van der Waals surface area (Å²) in [6.07, 6.45) is 8.22. The zero-order valence-corrected chi connectivity index (χ0v) is 14.0. The maximum absolute atomic E-state index is 2.33. The Labute approximate surface area is 111 Å². The fraction of sp³-hybridized carbons (Fsp3) is 0.867. The van der Waals surface area contributed by atoms with Gasteiger partial charge in [-0.3, -0.25) is 0 Å². The van der Waals surface area contributed by atoms with Crippen molar-refractivity contribution in [3.05, 3.63) is 12.2 Å². The molecule has 0 fully saturated rings. The van der Waals surface area contributed by atoms with E-state index in [0.717, 1.165) is 11.8 Å². The summed E-state index contributed by atoms with van der Waals surface area (Å²) in [7, 11) is 0. The molecule has 0 rings (SSSR count). The van der Waals surface area contributed by atoms with Crippen molar-refractivity contribution in [2.45, 2.75) is 71.4 Å². The molecular weight excluding hydrogens is 207 g/mol. The van der Waals surface area contributed by atoms with Crippen molar-refractivity contribution in [1.82, 2.24) is 0 Å². The van der Waals surface area contributed by atoms with Crippen molar-refractivity contribution < 1.29 is 0 Å². The van der Waals surface area contributed by atoms with Crippen molar-refractivity contribution in [2.24, 2.45) is 11.8 Å². The second kappa shape index (κ2) is 15.3. The largest absolute Gasteiger partial charge is 0.237 e. The first kappa shape index (κ1) is 18.6. The van der Waals surface area contributed by atoms with Gasteiger partial charge in [0.15, 0.2) is 0 Å². The van der Waals surface area contributed by atoms with Crippen LogP contribution in [0.5, 0.6) is 0 Å². The lowest BCUT2D eigenvalue weighted by atomic mass is 10.2. The molecule has 0 atom stereocenters. The van der Waals surface area contributed by atoms with Crippen molar-refractivity contribution in [1.29, 1.82) is 0 Å². The first-order chi connectivity index (χ1) is 7.54. The van der Waals surface area contributed by atoms with E-state index in [9.17, 15) is 0 Å². The molecule has 96 valence electrons. The highest BCUT2D eigenvalue weighted by atomic mass is 27.1. The Bertz CT molecular complexity index is 128. The highest BCUT2D eigenvalue weighted by Gasteiger charge is 1.99. The predicted octanol–water partition coefficient (Wildman–Crippen LogP) is 5.32. The lowest BCUT2D eigenvalue weighted by Gasteiger charge is -2.03. The third-order valence-corrected chi connectivity index (χ3v) is 5.65. The fourth-order valence-corrected chi connectivity index (χ4v) is 3.29. The molecule has 0 aliphatic heterocycles. The molecule has 0 aromatic heterocycles. The van der Waals surface area contributed by atoms with Gasteiger partial charge in [-0.15, -0.1) is 0 Å².